The number of aliphatic imine (C=N–C) groups is 1. The van der Waals surface area contributed by atoms with Crippen molar-refractivity contribution in [2.24, 2.45) is 4.99 Å². The lowest BCUT2D eigenvalue weighted by atomic mass is 10.5. The van der Waals surface area contributed by atoms with Crippen LogP contribution in [0.15, 0.2) is 17.3 Å². The molecule has 1 heteroatoms. The van der Waals surface area contributed by atoms with E-state index in [2.05, 4.69) is 11.9 Å². The van der Waals surface area contributed by atoms with Crippen LogP contribution in [0.25, 0.3) is 0 Å². The van der Waals surface area contributed by atoms with Crippen LogP contribution in [0.2, 0.25) is 0 Å². The number of hydrogen-bond acceptors (Lipinski definition) is 1. The van der Waals surface area contributed by atoms with Gasteiger partial charge in [0, 0.05) is 12.4 Å². The molecule has 0 saturated carbocycles. The van der Waals surface area contributed by atoms with Gasteiger partial charge in [-0.25, -0.2) is 0 Å². The van der Waals surface area contributed by atoms with Gasteiger partial charge in [0.2, 0.25) is 0 Å². The van der Waals surface area contributed by atoms with Crippen molar-refractivity contribution in [2.75, 3.05) is 0 Å². The fourth-order valence-corrected chi connectivity index (χ4v) is 0.252. The third-order valence-electron chi connectivity index (χ3n) is 0.523. The maximum atomic E-state index is 3.90. The molecule has 0 radical (unpaired) electrons. The Kier molecular flexibility index (Phi) is 4.95. The summed E-state index contributed by atoms with van der Waals surface area (Å²) in [5.41, 5.74) is 0. The zero-order chi connectivity index (χ0) is 5.54. The molecule has 0 bridgehead atoms. The van der Waals surface area contributed by atoms with Crippen LogP contribution in [0.3, 0.4) is 0 Å². The summed E-state index contributed by atoms with van der Waals surface area (Å²) in [5, 5.41) is 0. The van der Waals surface area contributed by atoms with Crippen LogP contribution in [0, 0.1) is 0 Å². The molecule has 0 aromatic heterocycles. The molecule has 0 aromatic rings. The highest BCUT2D eigenvalue weighted by molar-refractivity contribution is 5.57. The van der Waals surface area contributed by atoms with E-state index in [0.717, 1.165) is 6.42 Å². The molecule has 0 N–H and O–H groups in total. The third-order valence-corrected chi connectivity index (χ3v) is 0.523. The molecule has 0 aliphatic rings. The highest BCUT2D eigenvalue weighted by atomic mass is 14.6. The minimum atomic E-state index is 1.02. The fraction of sp³-hybridized carbons (Fsp3) is 0.500. The molecule has 0 amide bonds. The first-order chi connectivity index (χ1) is 3.41. The Morgan fingerprint density at radius 3 is 2.71 bits per heavy atom. The van der Waals surface area contributed by atoms with Crippen LogP contribution in [0.1, 0.15) is 20.3 Å². The van der Waals surface area contributed by atoms with Crippen molar-refractivity contribution in [3.8, 4) is 0 Å². The van der Waals surface area contributed by atoms with E-state index in [4.69, 9.17) is 0 Å². The van der Waals surface area contributed by atoms with Crippen molar-refractivity contribution in [3.63, 3.8) is 0 Å². The van der Waals surface area contributed by atoms with Crippen LogP contribution < -0.4 is 0 Å². The SMILES string of the molecule is C/C=C/N=CCC. The van der Waals surface area contributed by atoms with E-state index < -0.39 is 0 Å². The summed E-state index contributed by atoms with van der Waals surface area (Å²) in [6.07, 6.45) is 6.58. The second kappa shape index (κ2) is 5.41. The Morgan fingerprint density at radius 2 is 2.29 bits per heavy atom. The van der Waals surface area contributed by atoms with Crippen molar-refractivity contribution in [1.29, 1.82) is 0 Å². The minimum absolute atomic E-state index is 1.02. The largest absolute Gasteiger partial charge is 0.269 e. The highest BCUT2D eigenvalue weighted by Gasteiger charge is 1.58. The molecule has 0 aromatic carbocycles. The molecule has 0 aliphatic carbocycles. The molecule has 0 fully saturated rings. The Bertz CT molecular complexity index is 72.2. The molecule has 0 spiro atoms. The summed E-state index contributed by atoms with van der Waals surface area (Å²) in [4.78, 5) is 3.90. The number of hydrogen-bond donors (Lipinski definition) is 0. The molecule has 0 atom stereocenters. The second-order valence-corrected chi connectivity index (χ2v) is 1.22. The Labute approximate surface area is 44.8 Å². The lowest BCUT2D eigenvalue weighted by Gasteiger charge is -1.71. The summed E-state index contributed by atoms with van der Waals surface area (Å²) in [6.45, 7) is 4.01. The van der Waals surface area contributed by atoms with Crippen LogP contribution in [0.5, 0.6) is 0 Å². The molecule has 7 heavy (non-hydrogen) atoms. The molecule has 0 aliphatic heterocycles. The summed E-state index contributed by atoms with van der Waals surface area (Å²) in [5.74, 6) is 0. The van der Waals surface area contributed by atoms with E-state index in [9.17, 15) is 0 Å². The van der Waals surface area contributed by atoms with Crippen molar-refractivity contribution < 1.29 is 0 Å². The highest BCUT2D eigenvalue weighted by Crippen LogP contribution is 1.72. The summed E-state index contributed by atoms with van der Waals surface area (Å²) in [7, 11) is 0. The van der Waals surface area contributed by atoms with Gasteiger partial charge in [-0.2, -0.15) is 0 Å². The molecular weight excluding hydrogens is 86.1 g/mol. The van der Waals surface area contributed by atoms with Gasteiger partial charge in [0.15, 0.2) is 0 Å². The third kappa shape index (κ3) is 5.41. The van der Waals surface area contributed by atoms with Gasteiger partial charge in [0.1, 0.15) is 0 Å². The van der Waals surface area contributed by atoms with Gasteiger partial charge >= 0.3 is 0 Å². The van der Waals surface area contributed by atoms with Crippen molar-refractivity contribution in [3.05, 3.63) is 12.3 Å². The van der Waals surface area contributed by atoms with Gasteiger partial charge in [-0.3, -0.25) is 4.99 Å². The quantitative estimate of drug-likeness (QED) is 0.467. The van der Waals surface area contributed by atoms with Gasteiger partial charge in [0.25, 0.3) is 0 Å². The molecule has 1 nitrogen and oxygen atoms in total. The zero-order valence-corrected chi connectivity index (χ0v) is 4.89. The average molecular weight is 97.2 g/mol. The minimum Gasteiger partial charge on any atom is -0.269 e. The summed E-state index contributed by atoms with van der Waals surface area (Å²) >= 11 is 0. The molecular formula is C6H11N. The normalized spacial score (nSPS) is 11.7. The molecule has 40 valence electrons. The van der Waals surface area contributed by atoms with Gasteiger partial charge in [-0.05, 0) is 13.3 Å². The maximum Gasteiger partial charge on any atom is 0.0221 e. The van der Waals surface area contributed by atoms with E-state index in [1.54, 1.807) is 6.20 Å². The van der Waals surface area contributed by atoms with Crippen molar-refractivity contribution in [2.45, 2.75) is 20.3 Å². The number of nitrogens with zero attached hydrogens (tertiary/aromatic N) is 1. The Hall–Kier alpha value is -0.590. The molecule has 0 rings (SSSR count). The van der Waals surface area contributed by atoms with Crippen LogP contribution in [-0.2, 0) is 0 Å². The topological polar surface area (TPSA) is 12.4 Å². The van der Waals surface area contributed by atoms with Crippen molar-refractivity contribution >= 4 is 6.21 Å². The molecule has 0 heterocycles. The first-order valence-electron chi connectivity index (χ1n) is 2.54. The van der Waals surface area contributed by atoms with E-state index in [1.807, 2.05) is 19.2 Å². The lowest BCUT2D eigenvalue weighted by Crippen LogP contribution is -1.61. The van der Waals surface area contributed by atoms with E-state index in [-0.39, 0.29) is 0 Å². The number of allylic oxidation sites excluding steroid dienone is 1. The van der Waals surface area contributed by atoms with E-state index in [0.29, 0.717) is 0 Å². The zero-order valence-electron chi connectivity index (χ0n) is 4.89. The van der Waals surface area contributed by atoms with Crippen LogP contribution in [-0.4, -0.2) is 6.21 Å². The van der Waals surface area contributed by atoms with Gasteiger partial charge in [-0.1, -0.05) is 13.0 Å². The predicted molar refractivity (Wildman–Crippen MR) is 33.6 cm³/mol. The molecule has 0 saturated heterocycles. The van der Waals surface area contributed by atoms with Gasteiger partial charge in [0.05, 0.1) is 0 Å². The van der Waals surface area contributed by atoms with E-state index in [1.165, 1.54) is 0 Å². The predicted octanol–water partition coefficient (Wildman–Crippen LogP) is 2.00. The van der Waals surface area contributed by atoms with E-state index >= 15 is 0 Å². The Balaban J connectivity index is 3.09. The van der Waals surface area contributed by atoms with Crippen molar-refractivity contribution in [1.82, 2.24) is 0 Å². The monoisotopic (exact) mass is 97.1 g/mol. The standard InChI is InChI=1S/C6H11N/c1-3-5-7-6-4-2/h3,5-6H,4H2,1-2H3/b5-3+,7-6?. The molecule has 0 unspecified atom stereocenters. The second-order valence-electron chi connectivity index (χ2n) is 1.22. The maximum absolute atomic E-state index is 3.90. The first kappa shape index (κ1) is 6.41. The summed E-state index contributed by atoms with van der Waals surface area (Å²) < 4.78 is 0. The van der Waals surface area contributed by atoms with Crippen LogP contribution >= 0.6 is 0 Å². The number of rotatable bonds is 2. The van der Waals surface area contributed by atoms with Gasteiger partial charge < -0.3 is 0 Å². The first-order valence-corrected chi connectivity index (χ1v) is 2.54. The fourth-order valence-electron chi connectivity index (χ4n) is 0.252. The van der Waals surface area contributed by atoms with Crippen LogP contribution in [0.4, 0.5) is 0 Å². The summed E-state index contributed by atoms with van der Waals surface area (Å²) in [6, 6.07) is 0. The van der Waals surface area contributed by atoms with Gasteiger partial charge in [-0.15, -0.1) is 0 Å². The smallest absolute Gasteiger partial charge is 0.0221 e. The average Bonchev–Trinajstić information content (AvgIpc) is 1.69. The lowest BCUT2D eigenvalue weighted by molar-refractivity contribution is 1.31. The Morgan fingerprint density at radius 1 is 1.57 bits per heavy atom.